The highest BCUT2D eigenvalue weighted by molar-refractivity contribution is 5.83. The Hall–Kier alpha value is -3.02. The molecule has 0 aliphatic heterocycles. The minimum Gasteiger partial charge on any atom is -0.348 e. The first-order valence-electron chi connectivity index (χ1n) is 8.77. The Labute approximate surface area is 153 Å². The van der Waals surface area contributed by atoms with Crippen LogP contribution in [0, 0.1) is 13.8 Å². The second-order valence-electron chi connectivity index (χ2n) is 6.36. The molecule has 0 aliphatic rings. The Morgan fingerprint density at radius 2 is 1.88 bits per heavy atom. The fourth-order valence-electron chi connectivity index (χ4n) is 2.92. The van der Waals surface area contributed by atoms with E-state index < -0.39 is 0 Å². The highest BCUT2D eigenvalue weighted by Gasteiger charge is 2.19. The summed E-state index contributed by atoms with van der Waals surface area (Å²) in [6.07, 6.45) is 0.734. The molecular weight excluding hydrogens is 326 g/mol. The third-order valence-corrected chi connectivity index (χ3v) is 4.62. The van der Waals surface area contributed by atoms with Crippen LogP contribution in [0.1, 0.15) is 41.8 Å². The van der Waals surface area contributed by atoms with Crippen LogP contribution in [0.3, 0.4) is 0 Å². The third-order valence-electron chi connectivity index (χ3n) is 4.62. The van der Waals surface area contributed by atoms with Crippen molar-refractivity contribution in [1.82, 2.24) is 25.5 Å². The minimum absolute atomic E-state index is 0.0201. The number of aryl methyl sites for hydroxylation is 2. The molecule has 0 fully saturated rings. The summed E-state index contributed by atoms with van der Waals surface area (Å²) in [5, 5.41) is 14.9. The van der Waals surface area contributed by atoms with Crippen molar-refractivity contribution in [1.29, 1.82) is 0 Å². The molecule has 0 saturated carbocycles. The van der Waals surface area contributed by atoms with E-state index in [1.807, 2.05) is 55.5 Å². The van der Waals surface area contributed by atoms with E-state index in [1.54, 1.807) is 4.68 Å². The zero-order valence-electron chi connectivity index (χ0n) is 15.3. The summed E-state index contributed by atoms with van der Waals surface area (Å²) >= 11 is 0. The summed E-state index contributed by atoms with van der Waals surface area (Å²) in [5.74, 6) is 0.403. The SMILES string of the molecule is CCC(C(=O)NCc1nnnn1-c1ccc(C)c(C)c1)c1ccccc1. The number of nitrogens with one attached hydrogen (secondary N) is 1. The lowest BCUT2D eigenvalue weighted by molar-refractivity contribution is -0.122. The van der Waals surface area contributed by atoms with Crippen LogP contribution in [0.4, 0.5) is 0 Å². The van der Waals surface area contributed by atoms with Crippen LogP contribution in [0.5, 0.6) is 0 Å². The molecule has 0 aliphatic carbocycles. The van der Waals surface area contributed by atoms with Crippen LogP contribution in [-0.2, 0) is 11.3 Å². The van der Waals surface area contributed by atoms with E-state index in [-0.39, 0.29) is 18.4 Å². The molecule has 1 heterocycles. The Morgan fingerprint density at radius 1 is 1.12 bits per heavy atom. The van der Waals surface area contributed by atoms with E-state index in [2.05, 4.69) is 34.7 Å². The van der Waals surface area contributed by atoms with E-state index in [1.165, 1.54) is 11.1 Å². The maximum Gasteiger partial charge on any atom is 0.227 e. The van der Waals surface area contributed by atoms with Crippen molar-refractivity contribution in [2.24, 2.45) is 0 Å². The first-order chi connectivity index (χ1) is 12.6. The Balaban J connectivity index is 1.73. The average molecular weight is 349 g/mol. The van der Waals surface area contributed by atoms with Crippen LogP contribution < -0.4 is 5.32 Å². The summed E-state index contributed by atoms with van der Waals surface area (Å²) in [6.45, 7) is 6.41. The van der Waals surface area contributed by atoms with Gasteiger partial charge in [0.2, 0.25) is 5.91 Å². The standard InChI is InChI=1S/C20H23N5O/c1-4-18(16-8-6-5-7-9-16)20(26)21-13-19-22-23-24-25(19)17-11-10-14(2)15(3)12-17/h5-12,18H,4,13H2,1-3H3,(H,21,26). The van der Waals surface area contributed by atoms with Crippen LogP contribution in [-0.4, -0.2) is 26.1 Å². The fraction of sp³-hybridized carbons (Fsp3) is 0.300. The molecule has 2 aromatic carbocycles. The van der Waals surface area contributed by atoms with E-state index in [0.717, 1.165) is 17.7 Å². The van der Waals surface area contributed by atoms with Gasteiger partial charge >= 0.3 is 0 Å². The maximum absolute atomic E-state index is 12.6. The van der Waals surface area contributed by atoms with Crippen LogP contribution >= 0.6 is 0 Å². The third kappa shape index (κ3) is 3.79. The highest BCUT2D eigenvalue weighted by Crippen LogP contribution is 2.19. The van der Waals surface area contributed by atoms with Crippen molar-refractivity contribution in [3.63, 3.8) is 0 Å². The molecule has 3 rings (SSSR count). The molecule has 3 aromatic rings. The zero-order valence-corrected chi connectivity index (χ0v) is 15.3. The van der Waals surface area contributed by atoms with Gasteiger partial charge in [-0.2, -0.15) is 4.68 Å². The minimum atomic E-state index is -0.179. The number of benzene rings is 2. The van der Waals surface area contributed by atoms with Gasteiger partial charge in [0.15, 0.2) is 5.82 Å². The van der Waals surface area contributed by atoms with E-state index in [9.17, 15) is 4.79 Å². The molecule has 1 unspecified atom stereocenters. The number of aromatic nitrogens is 4. The number of carbonyl (C=O) groups excluding carboxylic acids is 1. The van der Waals surface area contributed by atoms with Gasteiger partial charge in [0.1, 0.15) is 0 Å². The van der Waals surface area contributed by atoms with Crippen molar-refractivity contribution in [3.05, 3.63) is 71.0 Å². The molecule has 134 valence electrons. The fourth-order valence-corrected chi connectivity index (χ4v) is 2.92. The summed E-state index contributed by atoms with van der Waals surface area (Å²) in [5.41, 5.74) is 4.28. The van der Waals surface area contributed by atoms with Gasteiger partial charge in [0, 0.05) is 0 Å². The normalized spacial score (nSPS) is 12.0. The molecule has 1 amide bonds. The summed E-state index contributed by atoms with van der Waals surface area (Å²) < 4.78 is 1.66. The van der Waals surface area contributed by atoms with Crippen molar-refractivity contribution >= 4 is 5.91 Å². The summed E-state index contributed by atoms with van der Waals surface area (Å²) in [6, 6.07) is 15.9. The van der Waals surface area contributed by atoms with Gasteiger partial charge in [-0.15, -0.1) is 5.10 Å². The van der Waals surface area contributed by atoms with Crippen LogP contribution in [0.2, 0.25) is 0 Å². The Kier molecular flexibility index (Phi) is 5.41. The quantitative estimate of drug-likeness (QED) is 0.742. The monoisotopic (exact) mass is 349 g/mol. The predicted octanol–water partition coefficient (Wildman–Crippen LogP) is 3.09. The van der Waals surface area contributed by atoms with Crippen molar-refractivity contribution < 1.29 is 4.79 Å². The van der Waals surface area contributed by atoms with E-state index >= 15 is 0 Å². The molecule has 0 saturated heterocycles. The molecule has 0 spiro atoms. The van der Waals surface area contributed by atoms with E-state index in [4.69, 9.17) is 0 Å². The molecule has 0 bridgehead atoms. The first-order valence-corrected chi connectivity index (χ1v) is 8.77. The molecule has 26 heavy (non-hydrogen) atoms. The van der Waals surface area contributed by atoms with Crippen molar-refractivity contribution in [2.75, 3.05) is 0 Å². The zero-order chi connectivity index (χ0) is 18.5. The molecule has 6 heteroatoms. The van der Waals surface area contributed by atoms with Crippen LogP contribution in [0.15, 0.2) is 48.5 Å². The first kappa shape index (κ1) is 17.8. The Bertz CT molecular complexity index is 888. The van der Waals surface area contributed by atoms with Gasteiger partial charge in [-0.25, -0.2) is 0 Å². The molecule has 1 atom stereocenters. The molecular formula is C20H23N5O. The lowest BCUT2D eigenvalue weighted by Crippen LogP contribution is -2.29. The lowest BCUT2D eigenvalue weighted by atomic mass is 9.96. The van der Waals surface area contributed by atoms with Crippen molar-refractivity contribution in [3.8, 4) is 5.69 Å². The second-order valence-corrected chi connectivity index (χ2v) is 6.36. The second kappa shape index (κ2) is 7.91. The van der Waals surface area contributed by atoms with Gasteiger partial charge in [0.25, 0.3) is 0 Å². The Morgan fingerprint density at radius 3 is 2.58 bits per heavy atom. The summed E-state index contributed by atoms with van der Waals surface area (Å²) in [7, 11) is 0. The topological polar surface area (TPSA) is 72.7 Å². The van der Waals surface area contributed by atoms with Gasteiger partial charge in [-0.3, -0.25) is 4.79 Å². The highest BCUT2D eigenvalue weighted by atomic mass is 16.1. The average Bonchev–Trinajstić information content (AvgIpc) is 3.12. The predicted molar refractivity (Wildman–Crippen MR) is 99.9 cm³/mol. The van der Waals surface area contributed by atoms with E-state index in [0.29, 0.717) is 5.82 Å². The molecule has 1 aromatic heterocycles. The smallest absolute Gasteiger partial charge is 0.227 e. The summed E-state index contributed by atoms with van der Waals surface area (Å²) in [4.78, 5) is 12.6. The van der Waals surface area contributed by atoms with Crippen molar-refractivity contribution in [2.45, 2.75) is 39.7 Å². The number of carbonyl (C=O) groups is 1. The molecule has 6 nitrogen and oxygen atoms in total. The number of rotatable bonds is 6. The maximum atomic E-state index is 12.6. The number of hydrogen-bond acceptors (Lipinski definition) is 4. The largest absolute Gasteiger partial charge is 0.348 e. The van der Waals surface area contributed by atoms with Gasteiger partial charge in [-0.05, 0) is 59.5 Å². The molecule has 1 N–H and O–H groups in total. The van der Waals surface area contributed by atoms with Crippen LogP contribution in [0.25, 0.3) is 5.69 Å². The number of hydrogen-bond donors (Lipinski definition) is 1. The lowest BCUT2D eigenvalue weighted by Gasteiger charge is -2.15. The van der Waals surface area contributed by atoms with Gasteiger partial charge < -0.3 is 5.32 Å². The number of amides is 1. The number of tetrazole rings is 1. The number of nitrogens with zero attached hydrogens (tertiary/aromatic N) is 4. The van der Waals surface area contributed by atoms with Gasteiger partial charge in [0.05, 0.1) is 18.2 Å². The molecule has 0 radical (unpaired) electrons. The van der Waals surface area contributed by atoms with Gasteiger partial charge in [-0.1, -0.05) is 43.3 Å².